The van der Waals surface area contributed by atoms with Crippen LogP contribution in [0.3, 0.4) is 0 Å². The number of hydrogen-bond acceptors (Lipinski definition) is 2. The largest absolute Gasteiger partial charge is 0.365 e. The Balaban J connectivity index is 2.58. The van der Waals surface area contributed by atoms with Crippen molar-refractivity contribution < 1.29 is 0 Å². The van der Waals surface area contributed by atoms with E-state index in [0.29, 0.717) is 6.17 Å². The van der Waals surface area contributed by atoms with Gasteiger partial charge in [-0.3, -0.25) is 4.90 Å². The zero-order valence-electron chi connectivity index (χ0n) is 7.04. The van der Waals surface area contributed by atoms with Gasteiger partial charge in [0.25, 0.3) is 0 Å². The summed E-state index contributed by atoms with van der Waals surface area (Å²) in [5.74, 6) is 0. The minimum Gasteiger partial charge on any atom is -0.365 e. The Morgan fingerprint density at radius 1 is 1.50 bits per heavy atom. The van der Waals surface area contributed by atoms with Crippen LogP contribution in [0.5, 0.6) is 0 Å². The van der Waals surface area contributed by atoms with Gasteiger partial charge in [0.2, 0.25) is 0 Å². The lowest BCUT2D eigenvalue weighted by molar-refractivity contribution is 0.114. The third kappa shape index (κ3) is 1.32. The predicted octanol–water partition coefficient (Wildman–Crippen LogP) is 1.11. The normalized spacial score (nSPS) is 27.5. The maximum atomic E-state index is 2.35. The van der Waals surface area contributed by atoms with Gasteiger partial charge in [0.1, 0.15) is 0 Å². The Kier molecular flexibility index (Phi) is 2.33. The van der Waals surface area contributed by atoms with Crippen LogP contribution in [0.1, 0.15) is 13.3 Å². The van der Waals surface area contributed by atoms with Gasteiger partial charge in [-0.25, -0.2) is 0 Å². The van der Waals surface area contributed by atoms with Crippen molar-refractivity contribution >= 4 is 0 Å². The van der Waals surface area contributed by atoms with Crippen molar-refractivity contribution in [2.24, 2.45) is 0 Å². The minimum absolute atomic E-state index is 0.602. The number of nitrogens with zero attached hydrogens (tertiary/aromatic N) is 2. The second-order valence-corrected chi connectivity index (χ2v) is 2.88. The van der Waals surface area contributed by atoms with Gasteiger partial charge in [-0.05, 0) is 19.7 Å². The highest BCUT2D eigenvalue weighted by Crippen LogP contribution is 2.10. The van der Waals surface area contributed by atoms with E-state index in [1.807, 2.05) is 0 Å². The highest BCUT2D eigenvalue weighted by molar-refractivity contribution is 4.92. The van der Waals surface area contributed by atoms with Gasteiger partial charge in [-0.1, -0.05) is 13.0 Å². The molecule has 0 bridgehead atoms. The molecule has 0 fully saturated rings. The number of likely N-dealkylation sites (N-methyl/N-ethyl adjacent to an activating group) is 1. The molecule has 1 aliphatic rings. The van der Waals surface area contributed by atoms with E-state index >= 15 is 0 Å². The molecule has 1 rings (SSSR count). The lowest BCUT2D eigenvalue weighted by Crippen LogP contribution is -2.44. The first-order valence-corrected chi connectivity index (χ1v) is 3.84. The molecule has 0 radical (unpaired) electrons. The third-order valence-electron chi connectivity index (χ3n) is 2.08. The van der Waals surface area contributed by atoms with E-state index in [2.05, 4.69) is 43.1 Å². The standard InChI is InChI=1S/C8H16N2/c1-4-8-9(2)6-5-7-10(8)3/h5-6,8H,4,7H2,1-3H3. The van der Waals surface area contributed by atoms with Gasteiger partial charge >= 0.3 is 0 Å². The molecule has 0 aromatic rings. The van der Waals surface area contributed by atoms with Crippen molar-refractivity contribution in [3.05, 3.63) is 12.3 Å². The fourth-order valence-electron chi connectivity index (χ4n) is 1.51. The first-order chi connectivity index (χ1) is 4.75. The van der Waals surface area contributed by atoms with Crippen LogP contribution in [0.2, 0.25) is 0 Å². The van der Waals surface area contributed by atoms with Gasteiger partial charge in [0.15, 0.2) is 0 Å². The van der Waals surface area contributed by atoms with Crippen LogP contribution in [-0.2, 0) is 0 Å². The Hall–Kier alpha value is -0.500. The Morgan fingerprint density at radius 2 is 2.20 bits per heavy atom. The molecule has 10 heavy (non-hydrogen) atoms. The molecule has 2 nitrogen and oxygen atoms in total. The summed E-state index contributed by atoms with van der Waals surface area (Å²) in [5, 5.41) is 0. The van der Waals surface area contributed by atoms with Crippen molar-refractivity contribution in [3.63, 3.8) is 0 Å². The average molecular weight is 140 g/mol. The highest BCUT2D eigenvalue weighted by atomic mass is 15.3. The van der Waals surface area contributed by atoms with Gasteiger partial charge in [-0.15, -0.1) is 0 Å². The van der Waals surface area contributed by atoms with Crippen LogP contribution in [0.4, 0.5) is 0 Å². The van der Waals surface area contributed by atoms with Crippen LogP contribution >= 0.6 is 0 Å². The molecule has 0 saturated carbocycles. The minimum atomic E-state index is 0.602. The summed E-state index contributed by atoms with van der Waals surface area (Å²) in [6.07, 6.45) is 6.14. The van der Waals surface area contributed by atoms with Gasteiger partial charge in [-0.2, -0.15) is 0 Å². The molecular weight excluding hydrogens is 124 g/mol. The summed E-state index contributed by atoms with van der Waals surface area (Å²) in [6.45, 7) is 3.31. The summed E-state index contributed by atoms with van der Waals surface area (Å²) in [5.41, 5.74) is 0. The summed E-state index contributed by atoms with van der Waals surface area (Å²) in [6, 6.07) is 0. The molecule has 0 aromatic carbocycles. The molecule has 1 unspecified atom stereocenters. The lowest BCUT2D eigenvalue weighted by atomic mass is 10.2. The monoisotopic (exact) mass is 140 g/mol. The molecular formula is C8H16N2. The summed E-state index contributed by atoms with van der Waals surface area (Å²) in [4.78, 5) is 4.60. The smallest absolute Gasteiger partial charge is 0.0809 e. The third-order valence-corrected chi connectivity index (χ3v) is 2.08. The molecule has 0 aromatic heterocycles. The Morgan fingerprint density at radius 3 is 2.60 bits per heavy atom. The van der Waals surface area contributed by atoms with Crippen molar-refractivity contribution in [1.29, 1.82) is 0 Å². The molecule has 0 aliphatic carbocycles. The van der Waals surface area contributed by atoms with E-state index in [1.165, 1.54) is 6.42 Å². The maximum absolute atomic E-state index is 2.35. The Bertz CT molecular complexity index is 131. The summed E-state index contributed by atoms with van der Waals surface area (Å²) in [7, 11) is 4.29. The zero-order valence-corrected chi connectivity index (χ0v) is 7.04. The quantitative estimate of drug-likeness (QED) is 0.538. The second kappa shape index (κ2) is 3.06. The van der Waals surface area contributed by atoms with Crippen LogP contribution < -0.4 is 0 Å². The van der Waals surface area contributed by atoms with Crippen LogP contribution in [0, 0.1) is 0 Å². The molecule has 58 valence electrons. The van der Waals surface area contributed by atoms with Crippen molar-refractivity contribution in [2.45, 2.75) is 19.5 Å². The van der Waals surface area contributed by atoms with E-state index in [9.17, 15) is 0 Å². The molecule has 0 spiro atoms. The molecule has 0 N–H and O–H groups in total. The maximum Gasteiger partial charge on any atom is 0.0809 e. The number of hydrogen-bond donors (Lipinski definition) is 0. The first kappa shape index (κ1) is 7.61. The molecule has 0 saturated heterocycles. The van der Waals surface area contributed by atoms with E-state index in [0.717, 1.165) is 6.54 Å². The summed E-state index contributed by atoms with van der Waals surface area (Å²) >= 11 is 0. The fraction of sp³-hybridized carbons (Fsp3) is 0.750. The predicted molar refractivity (Wildman–Crippen MR) is 43.6 cm³/mol. The molecule has 2 heteroatoms. The van der Waals surface area contributed by atoms with Crippen molar-refractivity contribution in [1.82, 2.24) is 9.80 Å². The van der Waals surface area contributed by atoms with Gasteiger partial charge in [0.05, 0.1) is 6.17 Å². The van der Waals surface area contributed by atoms with Crippen LogP contribution in [0.25, 0.3) is 0 Å². The van der Waals surface area contributed by atoms with E-state index in [4.69, 9.17) is 0 Å². The SMILES string of the molecule is CCC1N(C)C=CCN1C. The van der Waals surface area contributed by atoms with E-state index in [1.54, 1.807) is 0 Å². The molecule has 1 heterocycles. The molecule has 0 amide bonds. The van der Waals surface area contributed by atoms with Crippen LogP contribution in [0.15, 0.2) is 12.3 Å². The summed E-state index contributed by atoms with van der Waals surface area (Å²) < 4.78 is 0. The van der Waals surface area contributed by atoms with Crippen molar-refractivity contribution in [3.8, 4) is 0 Å². The Labute approximate surface area is 63.1 Å². The highest BCUT2D eigenvalue weighted by Gasteiger charge is 2.16. The van der Waals surface area contributed by atoms with E-state index in [-0.39, 0.29) is 0 Å². The van der Waals surface area contributed by atoms with Gasteiger partial charge < -0.3 is 4.90 Å². The number of rotatable bonds is 1. The zero-order chi connectivity index (χ0) is 7.56. The first-order valence-electron chi connectivity index (χ1n) is 3.84. The lowest BCUT2D eigenvalue weighted by Gasteiger charge is -2.36. The van der Waals surface area contributed by atoms with E-state index < -0.39 is 0 Å². The fourth-order valence-corrected chi connectivity index (χ4v) is 1.51. The molecule has 1 aliphatic heterocycles. The van der Waals surface area contributed by atoms with Gasteiger partial charge in [0, 0.05) is 13.6 Å². The average Bonchev–Trinajstić information content (AvgIpc) is 1.88. The topological polar surface area (TPSA) is 6.48 Å². The second-order valence-electron chi connectivity index (χ2n) is 2.88. The van der Waals surface area contributed by atoms with Crippen molar-refractivity contribution in [2.75, 3.05) is 20.6 Å². The molecule has 1 atom stereocenters. The van der Waals surface area contributed by atoms with Crippen LogP contribution in [-0.4, -0.2) is 36.6 Å².